The van der Waals surface area contributed by atoms with E-state index in [9.17, 15) is 9.59 Å². The summed E-state index contributed by atoms with van der Waals surface area (Å²) in [5.41, 5.74) is 0. The number of hydrogen-bond acceptors (Lipinski definition) is 3. The van der Waals surface area contributed by atoms with Crippen molar-refractivity contribution in [3.05, 3.63) is 27.7 Å². The van der Waals surface area contributed by atoms with Gasteiger partial charge in [0.2, 0.25) is 0 Å². The Morgan fingerprint density at radius 2 is 2.20 bits per heavy atom. The van der Waals surface area contributed by atoms with Gasteiger partial charge in [0.15, 0.2) is 6.61 Å². The average Bonchev–Trinajstić information content (AvgIpc) is 2.36. The number of amides is 1. The first-order valence-corrected chi connectivity index (χ1v) is 6.62. The maximum atomic E-state index is 11.8. The minimum absolute atomic E-state index is 0.0947. The molecule has 1 N–H and O–H groups in total. The fourth-order valence-corrected chi connectivity index (χ4v) is 2.06. The maximum Gasteiger partial charge on any atom is 0.323 e. The summed E-state index contributed by atoms with van der Waals surface area (Å²) in [4.78, 5) is 23.4. The summed E-state index contributed by atoms with van der Waals surface area (Å²) in [6.45, 7) is -0.903. The monoisotopic (exact) mass is 359 g/mol. The van der Waals surface area contributed by atoms with Gasteiger partial charge in [0.1, 0.15) is 12.3 Å². The predicted octanol–water partition coefficient (Wildman–Crippen LogP) is 2.03. The Balaban J connectivity index is 2.64. The number of ether oxygens (including phenoxy) is 1. The minimum Gasteiger partial charge on any atom is -0.482 e. The molecule has 1 aromatic carbocycles. The van der Waals surface area contributed by atoms with Gasteiger partial charge in [-0.05, 0) is 18.2 Å². The van der Waals surface area contributed by atoms with Crippen molar-refractivity contribution >= 4 is 39.4 Å². The van der Waals surface area contributed by atoms with E-state index in [0.29, 0.717) is 10.8 Å². The number of benzene rings is 1. The van der Waals surface area contributed by atoms with Crippen molar-refractivity contribution < 1.29 is 19.4 Å². The number of nitrogens with zero attached hydrogens (tertiary/aromatic N) is 1. The first-order chi connectivity index (χ1) is 9.43. The van der Waals surface area contributed by atoms with Crippen molar-refractivity contribution in [3.8, 4) is 18.1 Å². The molecule has 1 rings (SSSR count). The molecule has 1 amide bonds. The van der Waals surface area contributed by atoms with E-state index in [1.54, 1.807) is 18.2 Å². The predicted molar refractivity (Wildman–Crippen MR) is 77.7 cm³/mol. The first kappa shape index (κ1) is 16.3. The SMILES string of the molecule is C#CCN(CC(=O)O)C(=O)COc1ccc(Br)cc1Cl. The Bertz CT molecular complexity index is 556. The van der Waals surface area contributed by atoms with Crippen molar-refractivity contribution in [1.82, 2.24) is 4.90 Å². The molecule has 20 heavy (non-hydrogen) atoms. The summed E-state index contributed by atoms with van der Waals surface area (Å²) >= 11 is 9.18. The van der Waals surface area contributed by atoms with Gasteiger partial charge >= 0.3 is 5.97 Å². The van der Waals surface area contributed by atoms with Gasteiger partial charge in [-0.1, -0.05) is 33.5 Å². The molecule has 0 spiro atoms. The van der Waals surface area contributed by atoms with Crippen LogP contribution in [0.25, 0.3) is 0 Å². The summed E-state index contributed by atoms with van der Waals surface area (Å²) in [5.74, 6) is 0.891. The van der Waals surface area contributed by atoms with Gasteiger partial charge in [-0.2, -0.15) is 0 Å². The zero-order valence-electron chi connectivity index (χ0n) is 10.3. The Morgan fingerprint density at radius 1 is 1.50 bits per heavy atom. The standard InChI is InChI=1S/C13H11BrClNO4/c1-2-5-16(7-13(18)19)12(17)8-20-11-4-3-9(14)6-10(11)15/h1,3-4,6H,5,7-8H2,(H,18,19). The normalized spacial score (nSPS) is 9.65. The highest BCUT2D eigenvalue weighted by Crippen LogP contribution is 2.27. The van der Waals surface area contributed by atoms with Crippen LogP contribution in [-0.4, -0.2) is 41.6 Å². The molecule has 0 radical (unpaired) electrons. The number of halogens is 2. The minimum atomic E-state index is -1.14. The Morgan fingerprint density at radius 3 is 2.75 bits per heavy atom. The highest BCUT2D eigenvalue weighted by atomic mass is 79.9. The number of carbonyl (C=O) groups excluding carboxylic acids is 1. The molecule has 0 aliphatic heterocycles. The van der Waals surface area contributed by atoms with E-state index in [1.807, 2.05) is 0 Å². The molecule has 0 aromatic heterocycles. The third-order valence-corrected chi connectivity index (χ3v) is 2.99. The van der Waals surface area contributed by atoms with Crippen LogP contribution < -0.4 is 4.74 Å². The molecule has 0 fully saturated rings. The van der Waals surface area contributed by atoms with Gasteiger partial charge < -0.3 is 14.7 Å². The lowest BCUT2D eigenvalue weighted by molar-refractivity contribution is -0.144. The van der Waals surface area contributed by atoms with Crippen molar-refractivity contribution in [2.24, 2.45) is 0 Å². The van der Waals surface area contributed by atoms with Crippen LogP contribution in [0.3, 0.4) is 0 Å². The Hall–Kier alpha value is -1.71. The molecule has 5 nitrogen and oxygen atoms in total. The molecule has 106 valence electrons. The van der Waals surface area contributed by atoms with Gasteiger partial charge in [0, 0.05) is 4.47 Å². The lowest BCUT2D eigenvalue weighted by Crippen LogP contribution is -2.39. The summed E-state index contributed by atoms with van der Waals surface area (Å²) in [6, 6.07) is 4.93. The van der Waals surface area contributed by atoms with Crippen molar-refractivity contribution in [3.63, 3.8) is 0 Å². The zero-order chi connectivity index (χ0) is 15.1. The number of carboxylic acid groups (broad SMARTS) is 1. The topological polar surface area (TPSA) is 66.8 Å². The molecule has 0 atom stereocenters. The number of carboxylic acids is 1. The molecule has 0 aliphatic rings. The second-order valence-corrected chi connectivity index (χ2v) is 5.03. The number of aliphatic carboxylic acids is 1. The smallest absolute Gasteiger partial charge is 0.323 e. The second kappa shape index (κ2) is 7.78. The molecule has 0 heterocycles. The van der Waals surface area contributed by atoms with Gasteiger partial charge in [0.05, 0.1) is 11.6 Å². The molecule has 0 saturated heterocycles. The van der Waals surface area contributed by atoms with Crippen LogP contribution in [0.15, 0.2) is 22.7 Å². The highest BCUT2D eigenvalue weighted by molar-refractivity contribution is 9.10. The van der Waals surface area contributed by atoms with Crippen LogP contribution in [0, 0.1) is 12.3 Å². The number of rotatable bonds is 6. The van der Waals surface area contributed by atoms with E-state index >= 15 is 0 Å². The number of terminal acetylenes is 1. The molecule has 7 heteroatoms. The molecule has 0 saturated carbocycles. The number of hydrogen-bond donors (Lipinski definition) is 1. The van der Waals surface area contributed by atoms with Gasteiger partial charge in [-0.3, -0.25) is 9.59 Å². The van der Waals surface area contributed by atoms with Crippen LogP contribution in [0.2, 0.25) is 5.02 Å². The highest BCUT2D eigenvalue weighted by Gasteiger charge is 2.16. The van der Waals surface area contributed by atoms with Crippen LogP contribution in [0.5, 0.6) is 5.75 Å². The number of carbonyl (C=O) groups is 2. The molecule has 0 unspecified atom stereocenters. The van der Waals surface area contributed by atoms with Crippen LogP contribution in [-0.2, 0) is 9.59 Å². The van der Waals surface area contributed by atoms with Gasteiger partial charge in [-0.15, -0.1) is 6.42 Å². The van der Waals surface area contributed by atoms with E-state index in [0.717, 1.165) is 9.37 Å². The third kappa shape index (κ3) is 5.11. The second-order valence-electron chi connectivity index (χ2n) is 3.71. The molecule has 0 bridgehead atoms. The van der Waals surface area contributed by atoms with Crippen LogP contribution >= 0.6 is 27.5 Å². The lowest BCUT2D eigenvalue weighted by atomic mass is 10.3. The third-order valence-electron chi connectivity index (χ3n) is 2.21. The van der Waals surface area contributed by atoms with E-state index in [-0.39, 0.29) is 13.2 Å². The fraction of sp³-hybridized carbons (Fsp3) is 0.231. The molecule has 0 aliphatic carbocycles. The summed E-state index contributed by atoms with van der Waals surface area (Å²) in [7, 11) is 0. The Kier molecular flexibility index (Phi) is 6.36. The zero-order valence-corrected chi connectivity index (χ0v) is 12.6. The summed E-state index contributed by atoms with van der Waals surface area (Å²) in [5, 5.41) is 9.03. The van der Waals surface area contributed by atoms with Gasteiger partial charge in [-0.25, -0.2) is 0 Å². The lowest BCUT2D eigenvalue weighted by Gasteiger charge is -2.18. The van der Waals surface area contributed by atoms with E-state index in [4.69, 9.17) is 27.9 Å². The van der Waals surface area contributed by atoms with Crippen LogP contribution in [0.1, 0.15) is 0 Å². The molecular formula is C13H11BrClNO4. The molecular weight excluding hydrogens is 350 g/mol. The average molecular weight is 361 g/mol. The first-order valence-electron chi connectivity index (χ1n) is 5.45. The quantitative estimate of drug-likeness (QED) is 0.788. The fourth-order valence-electron chi connectivity index (χ4n) is 1.33. The Labute approximate surface area is 129 Å². The summed E-state index contributed by atoms with van der Waals surface area (Å²) < 4.78 is 6.04. The summed E-state index contributed by atoms with van der Waals surface area (Å²) in [6.07, 6.45) is 5.09. The van der Waals surface area contributed by atoms with E-state index in [1.165, 1.54) is 0 Å². The van der Waals surface area contributed by atoms with Gasteiger partial charge in [0.25, 0.3) is 5.91 Å². The van der Waals surface area contributed by atoms with E-state index in [2.05, 4.69) is 21.9 Å². The largest absolute Gasteiger partial charge is 0.482 e. The maximum absolute atomic E-state index is 11.8. The van der Waals surface area contributed by atoms with Crippen molar-refractivity contribution in [2.45, 2.75) is 0 Å². The van der Waals surface area contributed by atoms with Crippen molar-refractivity contribution in [2.75, 3.05) is 19.7 Å². The van der Waals surface area contributed by atoms with Crippen molar-refractivity contribution in [1.29, 1.82) is 0 Å². The molecule has 1 aromatic rings. The van der Waals surface area contributed by atoms with E-state index < -0.39 is 18.4 Å². The van der Waals surface area contributed by atoms with Crippen LogP contribution in [0.4, 0.5) is 0 Å².